The second-order valence-electron chi connectivity index (χ2n) is 7.69. The number of benzene rings is 2. The molecular formula is C23H24FN3O3. The molecule has 0 spiro atoms. The average molecular weight is 409 g/mol. The summed E-state index contributed by atoms with van der Waals surface area (Å²) >= 11 is 0. The second-order valence-corrected chi connectivity index (χ2v) is 7.69. The van der Waals surface area contributed by atoms with Gasteiger partial charge in [-0.25, -0.2) is 4.39 Å². The fraction of sp³-hybridized carbons (Fsp3) is 0.348. The Morgan fingerprint density at radius 2 is 1.87 bits per heavy atom. The van der Waals surface area contributed by atoms with Crippen LogP contribution in [0, 0.1) is 5.82 Å². The van der Waals surface area contributed by atoms with Gasteiger partial charge in [0.05, 0.1) is 11.3 Å². The smallest absolute Gasteiger partial charge is 0.256 e. The molecule has 0 saturated carbocycles. The van der Waals surface area contributed by atoms with E-state index in [-0.39, 0.29) is 35.5 Å². The number of carbonyl (C=O) groups is 3. The SMILES string of the molecule is CCc1ccc(CNC(=O)CN2C(=O)[C@H]3CCCN3C(=O)c3ccc(F)cc32)cc1. The molecule has 2 aliphatic rings. The van der Waals surface area contributed by atoms with E-state index in [4.69, 9.17) is 0 Å². The maximum atomic E-state index is 14.0. The number of carbonyl (C=O) groups excluding carboxylic acids is 3. The lowest BCUT2D eigenvalue weighted by Gasteiger charge is -2.25. The molecule has 3 amide bonds. The largest absolute Gasteiger partial charge is 0.350 e. The molecule has 1 fully saturated rings. The van der Waals surface area contributed by atoms with Crippen LogP contribution in [0.2, 0.25) is 0 Å². The van der Waals surface area contributed by atoms with Crippen molar-refractivity contribution in [3.8, 4) is 0 Å². The van der Waals surface area contributed by atoms with Gasteiger partial charge in [-0.05, 0) is 48.6 Å². The van der Waals surface area contributed by atoms with Crippen molar-refractivity contribution in [3.63, 3.8) is 0 Å². The van der Waals surface area contributed by atoms with Crippen LogP contribution in [0.25, 0.3) is 0 Å². The molecule has 0 aliphatic carbocycles. The van der Waals surface area contributed by atoms with Gasteiger partial charge in [0, 0.05) is 13.1 Å². The Labute approximate surface area is 174 Å². The molecular weight excluding hydrogens is 385 g/mol. The molecule has 2 aromatic rings. The Bertz CT molecular complexity index is 990. The minimum Gasteiger partial charge on any atom is -0.350 e. The highest BCUT2D eigenvalue weighted by molar-refractivity contribution is 6.12. The van der Waals surface area contributed by atoms with Crippen LogP contribution in [0.3, 0.4) is 0 Å². The molecule has 0 unspecified atom stereocenters. The van der Waals surface area contributed by atoms with E-state index in [2.05, 4.69) is 12.2 Å². The van der Waals surface area contributed by atoms with Gasteiger partial charge in [-0.15, -0.1) is 0 Å². The van der Waals surface area contributed by atoms with Crippen LogP contribution in [0.15, 0.2) is 42.5 Å². The monoisotopic (exact) mass is 409 g/mol. The summed E-state index contributed by atoms with van der Waals surface area (Å²) in [6.07, 6.45) is 2.21. The van der Waals surface area contributed by atoms with E-state index >= 15 is 0 Å². The summed E-state index contributed by atoms with van der Waals surface area (Å²) in [6, 6.07) is 11.1. The molecule has 0 radical (unpaired) electrons. The lowest BCUT2D eigenvalue weighted by atomic mass is 10.1. The zero-order valence-corrected chi connectivity index (χ0v) is 16.9. The van der Waals surface area contributed by atoms with Gasteiger partial charge in [-0.2, -0.15) is 0 Å². The molecule has 6 nitrogen and oxygen atoms in total. The van der Waals surface area contributed by atoms with Gasteiger partial charge in [0.25, 0.3) is 5.91 Å². The second kappa shape index (κ2) is 8.26. The van der Waals surface area contributed by atoms with Crippen molar-refractivity contribution in [1.82, 2.24) is 10.2 Å². The van der Waals surface area contributed by atoms with Gasteiger partial charge in [-0.3, -0.25) is 14.4 Å². The summed E-state index contributed by atoms with van der Waals surface area (Å²) in [4.78, 5) is 41.5. The van der Waals surface area contributed by atoms with Crippen LogP contribution in [0.1, 0.15) is 41.3 Å². The van der Waals surface area contributed by atoms with Crippen LogP contribution in [-0.4, -0.2) is 41.8 Å². The number of fused-ring (bicyclic) bond motifs is 2. The molecule has 7 heteroatoms. The van der Waals surface area contributed by atoms with Gasteiger partial charge in [0.15, 0.2) is 0 Å². The molecule has 1 saturated heterocycles. The highest BCUT2D eigenvalue weighted by Crippen LogP contribution is 2.32. The van der Waals surface area contributed by atoms with Crippen molar-refractivity contribution in [3.05, 3.63) is 65.0 Å². The number of rotatable bonds is 5. The van der Waals surface area contributed by atoms with Gasteiger partial charge in [0.2, 0.25) is 11.8 Å². The average Bonchev–Trinajstić information content (AvgIpc) is 3.23. The Kier molecular flexibility index (Phi) is 5.53. The van der Waals surface area contributed by atoms with Crippen molar-refractivity contribution in [2.45, 2.75) is 38.8 Å². The minimum atomic E-state index is -0.609. The first-order valence-electron chi connectivity index (χ1n) is 10.2. The lowest BCUT2D eigenvalue weighted by Crippen LogP contribution is -2.48. The number of nitrogens with zero attached hydrogens (tertiary/aromatic N) is 2. The normalized spacial score (nSPS) is 18.1. The molecule has 30 heavy (non-hydrogen) atoms. The zero-order valence-electron chi connectivity index (χ0n) is 16.9. The highest BCUT2D eigenvalue weighted by Gasteiger charge is 2.42. The number of hydrogen-bond donors (Lipinski definition) is 1. The van der Waals surface area contributed by atoms with Crippen LogP contribution < -0.4 is 10.2 Å². The maximum Gasteiger partial charge on any atom is 0.256 e. The third kappa shape index (κ3) is 3.79. The molecule has 1 atom stereocenters. The third-order valence-corrected chi connectivity index (χ3v) is 5.77. The predicted octanol–water partition coefficient (Wildman–Crippen LogP) is 2.66. The third-order valence-electron chi connectivity index (χ3n) is 5.77. The lowest BCUT2D eigenvalue weighted by molar-refractivity contribution is -0.125. The molecule has 4 rings (SSSR count). The summed E-state index contributed by atoms with van der Waals surface area (Å²) in [6.45, 7) is 2.63. The molecule has 1 N–H and O–H groups in total. The molecule has 2 aromatic carbocycles. The van der Waals surface area contributed by atoms with E-state index in [1.165, 1.54) is 27.5 Å². The number of hydrogen-bond acceptors (Lipinski definition) is 3. The van der Waals surface area contributed by atoms with Crippen molar-refractivity contribution >= 4 is 23.4 Å². The Balaban J connectivity index is 1.54. The van der Waals surface area contributed by atoms with Crippen molar-refractivity contribution in [1.29, 1.82) is 0 Å². The molecule has 0 bridgehead atoms. The number of aryl methyl sites for hydroxylation is 1. The van der Waals surface area contributed by atoms with Crippen LogP contribution in [-0.2, 0) is 22.6 Å². The Morgan fingerprint density at radius 3 is 2.60 bits per heavy atom. The predicted molar refractivity (Wildman–Crippen MR) is 110 cm³/mol. The van der Waals surface area contributed by atoms with Crippen LogP contribution >= 0.6 is 0 Å². The fourth-order valence-electron chi connectivity index (χ4n) is 4.08. The molecule has 156 valence electrons. The van der Waals surface area contributed by atoms with Crippen LogP contribution in [0.5, 0.6) is 0 Å². The molecule has 2 aliphatic heterocycles. The van der Waals surface area contributed by atoms with E-state index < -0.39 is 11.9 Å². The zero-order chi connectivity index (χ0) is 21.3. The van der Waals surface area contributed by atoms with Gasteiger partial charge < -0.3 is 15.1 Å². The summed E-state index contributed by atoms with van der Waals surface area (Å²) in [7, 11) is 0. The highest BCUT2D eigenvalue weighted by atomic mass is 19.1. The van der Waals surface area contributed by atoms with Gasteiger partial charge in [-0.1, -0.05) is 31.2 Å². The van der Waals surface area contributed by atoms with E-state index in [9.17, 15) is 18.8 Å². The minimum absolute atomic E-state index is 0.154. The summed E-state index contributed by atoms with van der Waals surface area (Å²) in [5.41, 5.74) is 2.56. The number of anilines is 1. The summed E-state index contributed by atoms with van der Waals surface area (Å²) in [5.74, 6) is -1.55. The summed E-state index contributed by atoms with van der Waals surface area (Å²) < 4.78 is 14.0. The topological polar surface area (TPSA) is 69.7 Å². The van der Waals surface area contributed by atoms with Crippen molar-refractivity contribution < 1.29 is 18.8 Å². The van der Waals surface area contributed by atoms with Crippen LogP contribution in [0.4, 0.5) is 10.1 Å². The van der Waals surface area contributed by atoms with E-state index in [0.29, 0.717) is 19.5 Å². The van der Waals surface area contributed by atoms with Crippen molar-refractivity contribution in [2.24, 2.45) is 0 Å². The quantitative estimate of drug-likeness (QED) is 0.826. The van der Waals surface area contributed by atoms with E-state index in [1.807, 2.05) is 24.3 Å². The maximum absolute atomic E-state index is 14.0. The number of amides is 3. The molecule has 0 aromatic heterocycles. The Morgan fingerprint density at radius 1 is 1.13 bits per heavy atom. The summed E-state index contributed by atoms with van der Waals surface area (Å²) in [5, 5.41) is 2.82. The van der Waals surface area contributed by atoms with E-state index in [1.54, 1.807) is 0 Å². The van der Waals surface area contributed by atoms with Gasteiger partial charge >= 0.3 is 0 Å². The first-order valence-corrected chi connectivity index (χ1v) is 10.2. The number of nitrogens with one attached hydrogen (secondary N) is 1. The standard InChI is InChI=1S/C23H24FN3O3/c1-2-15-5-7-16(8-6-15)13-25-21(28)14-27-20-12-17(24)9-10-18(20)22(29)26-11-3-4-19(26)23(27)30/h5-10,12,19H,2-4,11,13-14H2,1H3,(H,25,28)/t19-/m1/s1. The Hall–Kier alpha value is -3.22. The first kappa shape index (κ1) is 20.1. The number of halogens is 1. The van der Waals surface area contributed by atoms with E-state index in [0.717, 1.165) is 24.5 Å². The van der Waals surface area contributed by atoms with Crippen molar-refractivity contribution in [2.75, 3.05) is 18.0 Å². The fourth-order valence-corrected chi connectivity index (χ4v) is 4.08. The van der Waals surface area contributed by atoms with Gasteiger partial charge in [0.1, 0.15) is 18.4 Å². The first-order chi connectivity index (χ1) is 14.5. The molecule has 2 heterocycles.